The van der Waals surface area contributed by atoms with E-state index in [0.29, 0.717) is 6.47 Å². The maximum atomic E-state index is 9.60. The van der Waals surface area contributed by atoms with Crippen LogP contribution >= 0.6 is 0 Å². The summed E-state index contributed by atoms with van der Waals surface area (Å²) in [6, 6.07) is 0.769. The van der Waals surface area contributed by atoms with Crippen molar-refractivity contribution in [2.45, 2.75) is 39.3 Å². The van der Waals surface area contributed by atoms with Crippen molar-refractivity contribution in [3.05, 3.63) is 0 Å². The third-order valence-electron chi connectivity index (χ3n) is 1.68. The van der Waals surface area contributed by atoms with E-state index in [4.69, 9.17) is 0 Å². The lowest BCUT2D eigenvalue weighted by molar-refractivity contribution is -0.138. The van der Waals surface area contributed by atoms with Crippen LogP contribution in [-0.4, -0.2) is 37.7 Å². The molecule has 0 amide bonds. The van der Waals surface area contributed by atoms with Gasteiger partial charge in [-0.25, -0.2) is 0 Å². The second kappa shape index (κ2) is 6.79. The van der Waals surface area contributed by atoms with Crippen molar-refractivity contribution in [3.8, 4) is 0 Å². The van der Waals surface area contributed by atoms with Gasteiger partial charge >= 0.3 is 0 Å². The van der Waals surface area contributed by atoms with Crippen LogP contribution in [0.4, 0.5) is 0 Å². The molecule has 1 rings (SSSR count). The molecule has 0 spiro atoms. The van der Waals surface area contributed by atoms with Crippen molar-refractivity contribution in [3.63, 3.8) is 0 Å². The van der Waals surface area contributed by atoms with Gasteiger partial charge < -0.3 is 15.4 Å². The Labute approximate surface area is 86.4 Å². The van der Waals surface area contributed by atoms with Crippen LogP contribution in [0.1, 0.15) is 27.7 Å². The number of rotatable bonds is 3. The van der Waals surface area contributed by atoms with Gasteiger partial charge in [0.25, 0.3) is 6.47 Å². The second-order valence-corrected chi connectivity index (χ2v) is 4.24. The Morgan fingerprint density at radius 2 is 2.07 bits per heavy atom. The Morgan fingerprint density at radius 3 is 2.14 bits per heavy atom. The summed E-state index contributed by atoms with van der Waals surface area (Å²) in [6.45, 7) is 11.5. The van der Waals surface area contributed by atoms with Gasteiger partial charge in [0, 0.05) is 19.1 Å². The first kappa shape index (κ1) is 13.4. The van der Waals surface area contributed by atoms with Gasteiger partial charge in [-0.1, -0.05) is 6.92 Å². The van der Waals surface area contributed by atoms with E-state index in [1.807, 2.05) is 20.8 Å². The minimum atomic E-state index is -0.318. The normalized spacial score (nSPS) is 16.3. The van der Waals surface area contributed by atoms with Crippen LogP contribution in [0.5, 0.6) is 0 Å². The van der Waals surface area contributed by atoms with Crippen LogP contribution in [-0.2, 0) is 9.53 Å². The standard InChI is InChI=1S/C5H12N2.C5H10O2/c1-2-7-5-3-6-4-5;1-5(2,3)7-4-6/h5-7H,2-4H2,1H3;4H,1-3H3. The SMILES string of the molecule is CC(C)(C)OC=O.CCNC1CNC1. The fourth-order valence-corrected chi connectivity index (χ4v) is 0.866. The molecule has 0 bridgehead atoms. The fraction of sp³-hybridized carbons (Fsp3) is 0.900. The summed E-state index contributed by atoms with van der Waals surface area (Å²) in [5.74, 6) is 0. The summed E-state index contributed by atoms with van der Waals surface area (Å²) in [7, 11) is 0. The topological polar surface area (TPSA) is 50.4 Å². The maximum Gasteiger partial charge on any atom is 0.293 e. The molecule has 2 N–H and O–H groups in total. The minimum Gasteiger partial charge on any atom is -0.462 e. The summed E-state index contributed by atoms with van der Waals surface area (Å²) in [4.78, 5) is 9.60. The molecule has 84 valence electrons. The van der Waals surface area contributed by atoms with E-state index in [1.165, 1.54) is 0 Å². The van der Waals surface area contributed by atoms with Crippen molar-refractivity contribution in [2.75, 3.05) is 19.6 Å². The molecule has 1 aliphatic heterocycles. The van der Waals surface area contributed by atoms with Crippen molar-refractivity contribution < 1.29 is 9.53 Å². The van der Waals surface area contributed by atoms with E-state index in [0.717, 1.165) is 25.7 Å². The zero-order valence-corrected chi connectivity index (χ0v) is 9.59. The molecule has 0 radical (unpaired) electrons. The van der Waals surface area contributed by atoms with E-state index in [9.17, 15) is 4.79 Å². The molecule has 0 unspecified atom stereocenters. The van der Waals surface area contributed by atoms with Crippen LogP contribution in [0.25, 0.3) is 0 Å². The number of carbonyl (C=O) groups is 1. The van der Waals surface area contributed by atoms with Crippen LogP contribution < -0.4 is 10.6 Å². The monoisotopic (exact) mass is 202 g/mol. The molecule has 0 aliphatic carbocycles. The molecular formula is C10H22N2O2. The Hall–Kier alpha value is -0.610. The number of carbonyl (C=O) groups excluding carboxylic acids is 1. The summed E-state index contributed by atoms with van der Waals surface area (Å²) in [5, 5.41) is 6.50. The quantitative estimate of drug-likeness (QED) is 0.655. The van der Waals surface area contributed by atoms with Crippen LogP contribution in [0.2, 0.25) is 0 Å². The number of ether oxygens (including phenoxy) is 1. The van der Waals surface area contributed by atoms with Crippen LogP contribution in [0.3, 0.4) is 0 Å². The molecule has 0 atom stereocenters. The first-order valence-corrected chi connectivity index (χ1v) is 5.05. The number of likely N-dealkylation sites (N-methyl/N-ethyl adjacent to an activating group) is 1. The fourth-order valence-electron chi connectivity index (χ4n) is 0.866. The van der Waals surface area contributed by atoms with Gasteiger partial charge in [-0.15, -0.1) is 0 Å². The third kappa shape index (κ3) is 8.01. The molecule has 4 nitrogen and oxygen atoms in total. The molecule has 1 aliphatic rings. The Bertz CT molecular complexity index is 151. The highest BCUT2D eigenvalue weighted by Gasteiger charge is 2.13. The van der Waals surface area contributed by atoms with E-state index in [1.54, 1.807) is 0 Å². The molecule has 0 aromatic heterocycles. The maximum absolute atomic E-state index is 9.60. The minimum absolute atomic E-state index is 0.318. The van der Waals surface area contributed by atoms with E-state index < -0.39 is 0 Å². The summed E-state index contributed by atoms with van der Waals surface area (Å²) in [5.41, 5.74) is -0.318. The average Bonchev–Trinajstić information content (AvgIpc) is 1.95. The number of hydrogen-bond acceptors (Lipinski definition) is 4. The molecular weight excluding hydrogens is 180 g/mol. The van der Waals surface area contributed by atoms with E-state index in [2.05, 4.69) is 22.3 Å². The van der Waals surface area contributed by atoms with Gasteiger partial charge in [-0.05, 0) is 27.3 Å². The largest absolute Gasteiger partial charge is 0.462 e. The van der Waals surface area contributed by atoms with Gasteiger partial charge in [0.2, 0.25) is 0 Å². The van der Waals surface area contributed by atoms with Crippen molar-refractivity contribution in [2.24, 2.45) is 0 Å². The molecule has 4 heteroatoms. The highest BCUT2D eigenvalue weighted by atomic mass is 16.5. The summed E-state index contributed by atoms with van der Waals surface area (Å²) in [6.07, 6.45) is 0. The predicted molar refractivity (Wildman–Crippen MR) is 57.2 cm³/mol. The Kier molecular flexibility index (Phi) is 6.49. The van der Waals surface area contributed by atoms with Crippen LogP contribution in [0, 0.1) is 0 Å². The molecule has 0 saturated carbocycles. The first-order chi connectivity index (χ1) is 6.49. The lowest BCUT2D eigenvalue weighted by Gasteiger charge is -2.27. The highest BCUT2D eigenvalue weighted by molar-refractivity contribution is 5.37. The van der Waals surface area contributed by atoms with Gasteiger partial charge in [0.1, 0.15) is 5.60 Å². The Morgan fingerprint density at radius 1 is 1.50 bits per heavy atom. The predicted octanol–water partition coefficient (Wildman–Crippen LogP) is 0.526. The lowest BCUT2D eigenvalue weighted by atomic mass is 10.2. The highest BCUT2D eigenvalue weighted by Crippen LogP contribution is 2.02. The summed E-state index contributed by atoms with van der Waals surface area (Å²) < 4.78 is 4.55. The first-order valence-electron chi connectivity index (χ1n) is 5.05. The van der Waals surface area contributed by atoms with Gasteiger partial charge in [0.05, 0.1) is 0 Å². The zero-order valence-electron chi connectivity index (χ0n) is 9.59. The number of nitrogens with one attached hydrogen (secondary N) is 2. The average molecular weight is 202 g/mol. The molecule has 1 saturated heterocycles. The van der Waals surface area contributed by atoms with Crippen molar-refractivity contribution >= 4 is 6.47 Å². The van der Waals surface area contributed by atoms with E-state index in [-0.39, 0.29) is 5.60 Å². The van der Waals surface area contributed by atoms with Crippen molar-refractivity contribution in [1.82, 2.24) is 10.6 Å². The summed E-state index contributed by atoms with van der Waals surface area (Å²) >= 11 is 0. The zero-order chi connectivity index (χ0) is 11.0. The molecule has 0 aromatic carbocycles. The van der Waals surface area contributed by atoms with E-state index >= 15 is 0 Å². The molecule has 1 heterocycles. The van der Waals surface area contributed by atoms with Gasteiger partial charge in [-0.2, -0.15) is 0 Å². The van der Waals surface area contributed by atoms with Crippen LogP contribution in [0.15, 0.2) is 0 Å². The third-order valence-corrected chi connectivity index (χ3v) is 1.68. The molecule has 14 heavy (non-hydrogen) atoms. The smallest absolute Gasteiger partial charge is 0.293 e. The molecule has 1 fully saturated rings. The molecule has 0 aromatic rings. The van der Waals surface area contributed by atoms with Gasteiger partial charge in [-0.3, -0.25) is 4.79 Å². The second-order valence-electron chi connectivity index (χ2n) is 4.24. The van der Waals surface area contributed by atoms with Gasteiger partial charge in [0.15, 0.2) is 0 Å². The van der Waals surface area contributed by atoms with Crippen molar-refractivity contribution in [1.29, 1.82) is 0 Å². The lowest BCUT2D eigenvalue weighted by Crippen LogP contribution is -2.55. The number of hydrogen-bond donors (Lipinski definition) is 2. The Balaban J connectivity index is 0.000000241.